The zero-order valence-electron chi connectivity index (χ0n) is 15.5. The topological polar surface area (TPSA) is 104 Å². The van der Waals surface area contributed by atoms with Crippen LogP contribution in [0.4, 0.5) is 5.69 Å². The number of benzene rings is 1. The average molecular weight is 381 g/mol. The Morgan fingerprint density at radius 3 is 2.12 bits per heavy atom. The van der Waals surface area contributed by atoms with Crippen LogP contribution >= 0.6 is 0 Å². The number of carbonyl (C=O) groups excluding carboxylic acids is 2. The number of amides is 2. The van der Waals surface area contributed by atoms with Gasteiger partial charge in [0.2, 0.25) is 21.8 Å². The Morgan fingerprint density at radius 2 is 1.62 bits per heavy atom. The van der Waals surface area contributed by atoms with Gasteiger partial charge in [-0.05, 0) is 51.0 Å². The van der Waals surface area contributed by atoms with Crippen LogP contribution in [0.3, 0.4) is 0 Å². The molecule has 0 atom stereocenters. The van der Waals surface area contributed by atoms with Crippen LogP contribution in [0.15, 0.2) is 29.2 Å². The third-order valence-corrected chi connectivity index (χ3v) is 6.04. The van der Waals surface area contributed by atoms with Gasteiger partial charge in [-0.1, -0.05) is 19.3 Å². The van der Waals surface area contributed by atoms with Gasteiger partial charge in [0.05, 0.1) is 4.90 Å². The van der Waals surface area contributed by atoms with Crippen LogP contribution in [-0.4, -0.2) is 31.8 Å². The Hall–Kier alpha value is -1.93. The smallest absolute Gasteiger partial charge is 0.250 e. The van der Waals surface area contributed by atoms with Crippen molar-refractivity contribution in [1.29, 1.82) is 0 Å². The van der Waals surface area contributed by atoms with E-state index >= 15 is 0 Å². The lowest BCUT2D eigenvalue weighted by molar-refractivity contribution is -0.130. The summed E-state index contributed by atoms with van der Waals surface area (Å²) in [7, 11) is -3.57. The monoisotopic (exact) mass is 381 g/mol. The first-order chi connectivity index (χ1) is 12.1. The van der Waals surface area contributed by atoms with E-state index in [1.165, 1.54) is 19.1 Å². The SMILES string of the molecule is CC(=O)NC1(C(=O)Nc2ccc(S(=O)(=O)NC(C)C)cc2)CCCCC1. The van der Waals surface area contributed by atoms with Crippen molar-refractivity contribution in [3.63, 3.8) is 0 Å². The summed E-state index contributed by atoms with van der Waals surface area (Å²) in [5, 5.41) is 5.62. The van der Waals surface area contributed by atoms with Crippen LogP contribution in [0.25, 0.3) is 0 Å². The summed E-state index contributed by atoms with van der Waals surface area (Å²) in [6.45, 7) is 4.90. The minimum absolute atomic E-state index is 0.137. The molecule has 8 heteroatoms. The van der Waals surface area contributed by atoms with Crippen LogP contribution < -0.4 is 15.4 Å². The molecule has 7 nitrogen and oxygen atoms in total. The van der Waals surface area contributed by atoms with E-state index in [9.17, 15) is 18.0 Å². The van der Waals surface area contributed by atoms with Gasteiger partial charge in [0.25, 0.3) is 0 Å². The molecule has 0 heterocycles. The number of carbonyl (C=O) groups is 2. The molecule has 1 aliphatic carbocycles. The zero-order chi connectivity index (χ0) is 19.4. The maximum absolute atomic E-state index is 12.8. The highest BCUT2D eigenvalue weighted by molar-refractivity contribution is 7.89. The molecule has 0 aromatic heterocycles. The van der Waals surface area contributed by atoms with Crippen LogP contribution in [0.1, 0.15) is 52.9 Å². The summed E-state index contributed by atoms with van der Waals surface area (Å²) >= 11 is 0. The van der Waals surface area contributed by atoms with Crippen LogP contribution in [0.5, 0.6) is 0 Å². The van der Waals surface area contributed by atoms with E-state index in [0.717, 1.165) is 19.3 Å². The van der Waals surface area contributed by atoms with Crippen molar-refractivity contribution in [3.05, 3.63) is 24.3 Å². The van der Waals surface area contributed by atoms with E-state index < -0.39 is 15.6 Å². The lowest BCUT2D eigenvalue weighted by Crippen LogP contribution is -2.57. The molecule has 1 saturated carbocycles. The molecule has 144 valence electrons. The van der Waals surface area contributed by atoms with Gasteiger partial charge in [-0.25, -0.2) is 13.1 Å². The third-order valence-electron chi connectivity index (χ3n) is 4.37. The number of nitrogens with one attached hydrogen (secondary N) is 3. The van der Waals surface area contributed by atoms with E-state index in [-0.39, 0.29) is 22.8 Å². The number of hydrogen-bond donors (Lipinski definition) is 3. The van der Waals surface area contributed by atoms with E-state index in [0.29, 0.717) is 18.5 Å². The van der Waals surface area contributed by atoms with Gasteiger partial charge in [-0.3, -0.25) is 9.59 Å². The van der Waals surface area contributed by atoms with E-state index in [4.69, 9.17) is 0 Å². The molecule has 0 unspecified atom stereocenters. The lowest BCUT2D eigenvalue weighted by Gasteiger charge is -2.36. The Kier molecular flexibility index (Phi) is 6.41. The minimum atomic E-state index is -3.57. The molecule has 26 heavy (non-hydrogen) atoms. The Bertz CT molecular complexity index is 751. The Labute approximate surface area is 155 Å². The standard InChI is InChI=1S/C18H27N3O4S/c1-13(2)21-26(24,25)16-9-7-15(8-10-16)19-17(23)18(20-14(3)22)11-5-4-6-12-18/h7-10,13,21H,4-6,11-12H2,1-3H3,(H,19,23)(H,20,22). The average Bonchev–Trinajstić information content (AvgIpc) is 2.54. The summed E-state index contributed by atoms with van der Waals surface area (Å²) in [5.74, 6) is -0.494. The van der Waals surface area contributed by atoms with Crippen molar-refractivity contribution in [3.8, 4) is 0 Å². The molecule has 3 N–H and O–H groups in total. The molecular formula is C18H27N3O4S. The van der Waals surface area contributed by atoms with Gasteiger partial charge in [-0.15, -0.1) is 0 Å². The van der Waals surface area contributed by atoms with Crippen molar-refractivity contribution in [1.82, 2.24) is 10.0 Å². The molecule has 1 fully saturated rings. The molecule has 0 saturated heterocycles. The first-order valence-electron chi connectivity index (χ1n) is 8.87. The summed E-state index contributed by atoms with van der Waals surface area (Å²) < 4.78 is 26.8. The van der Waals surface area contributed by atoms with Crippen LogP contribution in [-0.2, 0) is 19.6 Å². The first-order valence-corrected chi connectivity index (χ1v) is 10.4. The molecule has 0 bridgehead atoms. The molecule has 1 aromatic rings. The van der Waals surface area contributed by atoms with Gasteiger partial charge >= 0.3 is 0 Å². The van der Waals surface area contributed by atoms with Gasteiger partial charge < -0.3 is 10.6 Å². The molecule has 2 amide bonds. The Balaban J connectivity index is 2.14. The molecule has 1 aromatic carbocycles. The second-order valence-corrected chi connectivity index (χ2v) is 8.79. The lowest BCUT2D eigenvalue weighted by atomic mass is 9.80. The van der Waals surface area contributed by atoms with Gasteiger partial charge in [-0.2, -0.15) is 0 Å². The highest BCUT2D eigenvalue weighted by atomic mass is 32.2. The van der Waals surface area contributed by atoms with Crippen molar-refractivity contribution < 1.29 is 18.0 Å². The summed E-state index contributed by atoms with van der Waals surface area (Å²) in [5.41, 5.74) is -0.401. The second kappa shape index (κ2) is 8.18. The number of sulfonamides is 1. The van der Waals surface area contributed by atoms with Gasteiger partial charge in [0.15, 0.2) is 0 Å². The van der Waals surface area contributed by atoms with Crippen molar-refractivity contribution in [2.24, 2.45) is 0 Å². The molecule has 1 aliphatic rings. The number of anilines is 1. The Morgan fingerprint density at radius 1 is 1.04 bits per heavy atom. The zero-order valence-corrected chi connectivity index (χ0v) is 16.3. The molecule has 0 radical (unpaired) electrons. The van der Waals surface area contributed by atoms with Crippen molar-refractivity contribution in [2.45, 2.75) is 69.4 Å². The maximum atomic E-state index is 12.8. The predicted octanol–water partition coefficient (Wildman–Crippen LogP) is 2.15. The minimum Gasteiger partial charge on any atom is -0.342 e. The second-order valence-electron chi connectivity index (χ2n) is 7.08. The fraction of sp³-hybridized carbons (Fsp3) is 0.556. The highest BCUT2D eigenvalue weighted by Gasteiger charge is 2.40. The molecule has 2 rings (SSSR count). The van der Waals surface area contributed by atoms with Crippen molar-refractivity contribution >= 4 is 27.5 Å². The molecule has 0 spiro atoms. The van der Waals surface area contributed by atoms with E-state index in [1.807, 2.05) is 0 Å². The fourth-order valence-electron chi connectivity index (χ4n) is 3.25. The van der Waals surface area contributed by atoms with E-state index in [2.05, 4.69) is 15.4 Å². The number of hydrogen-bond acceptors (Lipinski definition) is 4. The molecular weight excluding hydrogens is 354 g/mol. The summed E-state index contributed by atoms with van der Waals surface area (Å²) in [6, 6.07) is 5.80. The summed E-state index contributed by atoms with van der Waals surface area (Å²) in [4.78, 5) is 24.5. The quantitative estimate of drug-likeness (QED) is 0.702. The normalized spacial score (nSPS) is 16.9. The van der Waals surface area contributed by atoms with Gasteiger partial charge in [0.1, 0.15) is 5.54 Å². The fourth-order valence-corrected chi connectivity index (χ4v) is 4.50. The largest absolute Gasteiger partial charge is 0.342 e. The summed E-state index contributed by atoms with van der Waals surface area (Å²) in [6.07, 6.45) is 4.01. The highest BCUT2D eigenvalue weighted by Crippen LogP contribution is 2.29. The first kappa shape index (κ1) is 20.4. The van der Waals surface area contributed by atoms with Gasteiger partial charge in [0, 0.05) is 18.7 Å². The van der Waals surface area contributed by atoms with E-state index in [1.54, 1.807) is 26.0 Å². The van der Waals surface area contributed by atoms with Crippen LogP contribution in [0, 0.1) is 0 Å². The van der Waals surface area contributed by atoms with Crippen LogP contribution in [0.2, 0.25) is 0 Å². The third kappa shape index (κ3) is 5.04. The predicted molar refractivity (Wildman–Crippen MR) is 100 cm³/mol. The molecule has 0 aliphatic heterocycles. The van der Waals surface area contributed by atoms with Crippen molar-refractivity contribution in [2.75, 3.05) is 5.32 Å². The number of rotatable bonds is 6. The maximum Gasteiger partial charge on any atom is 0.250 e.